The molecule has 2 heterocycles. The number of hydrogen-bond acceptors (Lipinski definition) is 5. The van der Waals surface area contributed by atoms with Crippen LogP contribution in [-0.4, -0.2) is 28.6 Å². The third kappa shape index (κ3) is 4.24. The van der Waals surface area contributed by atoms with E-state index >= 15 is 0 Å². The molecule has 4 nitrogen and oxygen atoms in total. The zero-order chi connectivity index (χ0) is 12.1. The van der Waals surface area contributed by atoms with Gasteiger partial charge in [0.05, 0.1) is 6.10 Å². The van der Waals surface area contributed by atoms with E-state index in [0.717, 1.165) is 36.9 Å². The molecule has 17 heavy (non-hydrogen) atoms. The first-order valence-corrected chi connectivity index (χ1v) is 7.19. The first kappa shape index (κ1) is 12.8. The molecule has 1 unspecified atom stereocenters. The van der Waals surface area contributed by atoms with E-state index in [9.17, 15) is 0 Å². The number of nitrogens with zero attached hydrogens (tertiary/aromatic N) is 2. The minimum absolute atomic E-state index is 0.330. The Morgan fingerprint density at radius 1 is 1.47 bits per heavy atom. The number of anilines is 1. The average Bonchev–Trinajstić information content (AvgIpc) is 2.75. The molecular weight excluding hydrogens is 234 g/mol. The van der Waals surface area contributed by atoms with Crippen molar-refractivity contribution in [2.75, 3.05) is 18.5 Å². The molecule has 1 aromatic heterocycles. The second kappa shape index (κ2) is 6.31. The fourth-order valence-corrected chi connectivity index (χ4v) is 2.47. The van der Waals surface area contributed by atoms with Crippen LogP contribution in [0.15, 0.2) is 0 Å². The van der Waals surface area contributed by atoms with E-state index in [1.54, 1.807) is 0 Å². The molecule has 2 rings (SSSR count). The molecule has 96 valence electrons. The van der Waals surface area contributed by atoms with Crippen molar-refractivity contribution in [2.24, 2.45) is 5.92 Å². The molecule has 5 heteroatoms. The lowest BCUT2D eigenvalue weighted by atomic mass is 10.1. The Bertz CT molecular complexity index is 334. The van der Waals surface area contributed by atoms with E-state index in [1.807, 2.05) is 0 Å². The lowest BCUT2D eigenvalue weighted by molar-refractivity contribution is 0.0158. The molecule has 1 N–H and O–H groups in total. The standard InChI is InChI=1S/C12H21N3OS/c1-9(2)8-13-12-14-11(15-17-12)7-10-5-3-4-6-16-10/h9-10H,3-8H2,1-2H3,(H,13,14,15). The van der Waals surface area contributed by atoms with Gasteiger partial charge in [-0.15, -0.1) is 0 Å². The molecule has 0 aliphatic carbocycles. The van der Waals surface area contributed by atoms with Crippen LogP contribution in [0.25, 0.3) is 0 Å². The van der Waals surface area contributed by atoms with E-state index in [-0.39, 0.29) is 0 Å². The Balaban J connectivity index is 1.80. The highest BCUT2D eigenvalue weighted by Gasteiger charge is 2.16. The maximum absolute atomic E-state index is 5.69. The zero-order valence-corrected chi connectivity index (χ0v) is 11.4. The van der Waals surface area contributed by atoms with Crippen molar-refractivity contribution < 1.29 is 4.74 Å². The van der Waals surface area contributed by atoms with Crippen LogP contribution in [0.3, 0.4) is 0 Å². The van der Waals surface area contributed by atoms with Gasteiger partial charge in [-0.1, -0.05) is 13.8 Å². The van der Waals surface area contributed by atoms with Crippen LogP contribution in [0.1, 0.15) is 38.9 Å². The highest BCUT2D eigenvalue weighted by molar-refractivity contribution is 7.09. The smallest absolute Gasteiger partial charge is 0.202 e. The van der Waals surface area contributed by atoms with Crippen molar-refractivity contribution in [3.63, 3.8) is 0 Å². The lowest BCUT2D eigenvalue weighted by Crippen LogP contribution is -2.21. The predicted octanol–water partition coefficient (Wildman–Crippen LogP) is 2.72. The van der Waals surface area contributed by atoms with Crippen molar-refractivity contribution in [2.45, 2.75) is 45.6 Å². The van der Waals surface area contributed by atoms with Crippen LogP contribution in [-0.2, 0) is 11.2 Å². The van der Waals surface area contributed by atoms with Crippen molar-refractivity contribution in [1.82, 2.24) is 9.36 Å². The normalized spacial score (nSPS) is 20.8. The van der Waals surface area contributed by atoms with Gasteiger partial charge in [-0.05, 0) is 25.2 Å². The summed E-state index contributed by atoms with van der Waals surface area (Å²) in [7, 11) is 0. The van der Waals surface area contributed by atoms with Crippen molar-refractivity contribution in [1.29, 1.82) is 0 Å². The van der Waals surface area contributed by atoms with Crippen LogP contribution in [0.4, 0.5) is 5.13 Å². The van der Waals surface area contributed by atoms with E-state index in [2.05, 4.69) is 28.5 Å². The summed E-state index contributed by atoms with van der Waals surface area (Å²) < 4.78 is 10.1. The number of aromatic nitrogens is 2. The summed E-state index contributed by atoms with van der Waals surface area (Å²) in [6.45, 7) is 6.22. The third-order valence-electron chi connectivity index (χ3n) is 2.81. The monoisotopic (exact) mass is 255 g/mol. The summed E-state index contributed by atoms with van der Waals surface area (Å²) in [6, 6.07) is 0. The molecule has 0 radical (unpaired) electrons. The van der Waals surface area contributed by atoms with Gasteiger partial charge in [0.15, 0.2) is 0 Å². The maximum atomic E-state index is 5.69. The first-order valence-electron chi connectivity index (χ1n) is 6.42. The van der Waals surface area contributed by atoms with Crippen LogP contribution in [0.2, 0.25) is 0 Å². The SMILES string of the molecule is CC(C)CNc1nc(CC2CCCCO2)ns1. The average molecular weight is 255 g/mol. The Kier molecular flexibility index (Phi) is 4.74. The topological polar surface area (TPSA) is 47.0 Å². The van der Waals surface area contributed by atoms with Crippen molar-refractivity contribution >= 4 is 16.7 Å². The van der Waals surface area contributed by atoms with Crippen LogP contribution >= 0.6 is 11.5 Å². The Morgan fingerprint density at radius 2 is 2.35 bits per heavy atom. The molecule has 0 aromatic carbocycles. The van der Waals surface area contributed by atoms with Gasteiger partial charge < -0.3 is 10.1 Å². The minimum Gasteiger partial charge on any atom is -0.378 e. The van der Waals surface area contributed by atoms with E-state index in [0.29, 0.717) is 12.0 Å². The molecule has 1 aliphatic heterocycles. The summed E-state index contributed by atoms with van der Waals surface area (Å²) >= 11 is 1.45. The van der Waals surface area contributed by atoms with Crippen LogP contribution in [0, 0.1) is 5.92 Å². The minimum atomic E-state index is 0.330. The summed E-state index contributed by atoms with van der Waals surface area (Å²) in [4.78, 5) is 4.49. The summed E-state index contributed by atoms with van der Waals surface area (Å²) in [5, 5.41) is 4.24. The van der Waals surface area contributed by atoms with Gasteiger partial charge in [0.25, 0.3) is 0 Å². The molecule has 0 spiro atoms. The third-order valence-corrected chi connectivity index (χ3v) is 3.52. The number of rotatable bonds is 5. The Hall–Kier alpha value is -0.680. The summed E-state index contributed by atoms with van der Waals surface area (Å²) in [5.41, 5.74) is 0. The van der Waals surface area contributed by atoms with Crippen molar-refractivity contribution in [3.05, 3.63) is 5.82 Å². The second-order valence-electron chi connectivity index (χ2n) is 4.98. The zero-order valence-electron chi connectivity index (χ0n) is 10.6. The van der Waals surface area contributed by atoms with E-state index in [1.165, 1.54) is 24.4 Å². The molecule has 0 bridgehead atoms. The van der Waals surface area contributed by atoms with Crippen molar-refractivity contribution in [3.8, 4) is 0 Å². The fourth-order valence-electron chi connectivity index (χ4n) is 1.87. The van der Waals surface area contributed by atoms with Gasteiger partial charge in [0, 0.05) is 31.1 Å². The molecule has 1 aromatic rings. The maximum Gasteiger partial charge on any atom is 0.202 e. The highest BCUT2D eigenvalue weighted by Crippen LogP contribution is 2.18. The molecule has 1 fully saturated rings. The molecular formula is C12H21N3OS. The number of hydrogen-bond donors (Lipinski definition) is 1. The summed E-state index contributed by atoms with van der Waals surface area (Å²) in [5.74, 6) is 1.55. The largest absolute Gasteiger partial charge is 0.378 e. The second-order valence-corrected chi connectivity index (χ2v) is 5.74. The Morgan fingerprint density at radius 3 is 3.06 bits per heavy atom. The quantitative estimate of drug-likeness (QED) is 0.879. The highest BCUT2D eigenvalue weighted by atomic mass is 32.1. The number of ether oxygens (including phenoxy) is 1. The van der Waals surface area contributed by atoms with E-state index in [4.69, 9.17) is 4.74 Å². The van der Waals surface area contributed by atoms with Gasteiger partial charge in [-0.25, -0.2) is 4.98 Å². The van der Waals surface area contributed by atoms with Crippen LogP contribution in [0.5, 0.6) is 0 Å². The van der Waals surface area contributed by atoms with E-state index < -0.39 is 0 Å². The van der Waals surface area contributed by atoms with Gasteiger partial charge in [-0.3, -0.25) is 0 Å². The predicted molar refractivity (Wildman–Crippen MR) is 70.5 cm³/mol. The molecule has 0 amide bonds. The molecule has 0 saturated carbocycles. The van der Waals surface area contributed by atoms with Crippen LogP contribution < -0.4 is 5.32 Å². The fraction of sp³-hybridized carbons (Fsp3) is 0.833. The van der Waals surface area contributed by atoms with Gasteiger partial charge in [0.2, 0.25) is 5.13 Å². The lowest BCUT2D eigenvalue weighted by Gasteiger charge is -2.21. The van der Waals surface area contributed by atoms with Gasteiger partial charge in [0.1, 0.15) is 5.82 Å². The van der Waals surface area contributed by atoms with Gasteiger partial charge >= 0.3 is 0 Å². The van der Waals surface area contributed by atoms with Gasteiger partial charge in [-0.2, -0.15) is 4.37 Å². The summed E-state index contributed by atoms with van der Waals surface area (Å²) in [6.07, 6.45) is 4.81. The molecule has 1 atom stereocenters. The Labute approximate surface area is 107 Å². The molecule has 1 aliphatic rings. The number of nitrogens with one attached hydrogen (secondary N) is 1. The molecule has 1 saturated heterocycles. The first-order chi connectivity index (χ1) is 8.24.